The van der Waals surface area contributed by atoms with Gasteiger partial charge in [-0.05, 0) is 177 Å². The van der Waals surface area contributed by atoms with E-state index in [4.69, 9.17) is 9.39 Å². The molecule has 5 aliphatic rings. The van der Waals surface area contributed by atoms with E-state index in [1.54, 1.807) is 7.11 Å². The summed E-state index contributed by atoms with van der Waals surface area (Å²) in [6, 6.07) is 156. The molecule has 17 aromatic carbocycles. The first-order chi connectivity index (χ1) is 61.1. The van der Waals surface area contributed by atoms with Crippen LogP contribution in [0.15, 0.2) is 453 Å². The number of halogens is 4. The number of hydrogen-bond acceptors (Lipinski definition) is 5. The number of para-hydroxylation sites is 9. The van der Waals surface area contributed by atoms with E-state index in [9.17, 15) is 4.79 Å². The standard InChI is InChI=1S/C56H37BN2.C19H13NO.C18H13BBr2.C8H9BBr2O.C6H5.C4H8O.Li.H2/c1-3-20-38(21-4-1)58-50-34-15-9-26-42(50)55(43-27-10-16-35-51(43)58)40-24-7-13-32-48(40)57-49-33-14-8-25-41(49)56(47-31-19-30-46(55)54(47)57)44-28-11-17-36-52(44)59(39-22-5-2-6-23-39)53-37-18-12-29-45(53)56;21-19-15-10-4-6-12-17(15)20(14-8-2-1-3-9-14)18-13-7-5-11-16(18)19;20-16-12-7-13-17(21)18(16)19(14-8-3-1-4-9-14)15-10-5-2-6-11-15;1-9(12-2)8-6(10)4-3-5-7(8)11;1-2-4-6-5-3-1;1-2-4-5-3-1;;/h1-37H;2*1-13H;3-5H,1-2H3;1-5H;1-4H2;;1H/q;;;;-1;;+1;. The molecule has 125 heavy (non-hydrogen) atoms. The minimum absolute atomic E-state index is 0. The number of rotatable bonds is 8. The molecule has 1 saturated heterocycles. The Labute approximate surface area is 781 Å². The molecule has 0 N–H and O–H groups in total. The van der Waals surface area contributed by atoms with E-state index >= 15 is 0 Å². The minimum Gasteiger partial charge on any atom is -0.434 e. The Bertz CT molecular complexity index is 6370. The molecule has 14 heteroatoms. The molecule has 5 aliphatic heterocycles. The van der Waals surface area contributed by atoms with Crippen molar-refractivity contribution in [3.05, 3.63) is 509 Å². The first-order valence-electron chi connectivity index (χ1n) is 42.1. The van der Waals surface area contributed by atoms with Crippen LogP contribution >= 0.6 is 63.7 Å². The Kier molecular flexibility index (Phi) is 26.6. The molecule has 23 rings (SSSR count). The molecule has 0 saturated carbocycles. The Morgan fingerprint density at radius 1 is 0.352 bits per heavy atom. The second kappa shape index (κ2) is 38.9. The zero-order valence-corrected chi connectivity index (χ0v) is 76.0. The van der Waals surface area contributed by atoms with Gasteiger partial charge in [-0.25, -0.2) is 0 Å². The number of anilines is 6. The molecular weight excluding hydrogens is 1780 g/mol. The summed E-state index contributed by atoms with van der Waals surface area (Å²) in [4.78, 5) is 17.6. The molecule has 6 heterocycles. The van der Waals surface area contributed by atoms with Crippen LogP contribution < -0.4 is 72.3 Å². The second-order valence-corrected chi connectivity index (χ2v) is 34.5. The van der Waals surface area contributed by atoms with Gasteiger partial charge in [0.05, 0.1) is 44.6 Å². The van der Waals surface area contributed by atoms with Crippen LogP contribution in [-0.2, 0) is 20.2 Å². The van der Waals surface area contributed by atoms with E-state index in [1.165, 1.54) is 113 Å². The van der Waals surface area contributed by atoms with E-state index in [0.29, 0.717) is 0 Å². The molecule has 0 atom stereocenters. The van der Waals surface area contributed by atoms with E-state index in [-0.39, 0.29) is 46.1 Å². The monoisotopic (exact) mass is 1870 g/mol. The molecule has 0 aliphatic carbocycles. The van der Waals surface area contributed by atoms with Gasteiger partial charge in [-0.15, -0.1) is 0 Å². The van der Waals surface area contributed by atoms with Gasteiger partial charge in [-0.2, -0.15) is 36.4 Å². The number of aromatic nitrogens is 1. The first kappa shape index (κ1) is 85.6. The van der Waals surface area contributed by atoms with Gasteiger partial charge in [-0.1, -0.05) is 389 Å². The summed E-state index contributed by atoms with van der Waals surface area (Å²) >= 11 is 14.4. The number of hydrogen-bond donors (Lipinski definition) is 0. The average molecular weight is 1870 g/mol. The second-order valence-electron chi connectivity index (χ2n) is 31.1. The third kappa shape index (κ3) is 16.1. The van der Waals surface area contributed by atoms with Crippen molar-refractivity contribution in [1.82, 2.24) is 4.57 Å². The van der Waals surface area contributed by atoms with Crippen LogP contribution in [0.25, 0.3) is 27.5 Å². The third-order valence-electron chi connectivity index (χ3n) is 24.3. The normalized spacial score (nSPS) is 13.1. The molecule has 0 unspecified atom stereocenters. The van der Waals surface area contributed by atoms with Crippen molar-refractivity contribution in [2.75, 3.05) is 30.1 Å². The predicted octanol–water partition coefficient (Wildman–Crippen LogP) is 21.3. The van der Waals surface area contributed by atoms with Gasteiger partial charge in [0.25, 0.3) is 0 Å². The summed E-state index contributed by atoms with van der Waals surface area (Å²) in [5.74, 6) is 0. The fourth-order valence-corrected chi connectivity index (χ4v) is 22.3. The number of pyridine rings is 1. The smallest absolute Gasteiger partial charge is 0.434 e. The van der Waals surface area contributed by atoms with Crippen LogP contribution in [0.1, 0.15) is 58.8 Å². The van der Waals surface area contributed by atoms with Crippen molar-refractivity contribution >= 4 is 178 Å². The van der Waals surface area contributed by atoms with Gasteiger partial charge in [0.15, 0.2) is 5.43 Å². The number of ether oxygens (including phenoxy) is 1. The zero-order valence-electron chi connectivity index (χ0n) is 69.6. The quantitative estimate of drug-likeness (QED) is 0.0862. The summed E-state index contributed by atoms with van der Waals surface area (Å²) in [6.07, 6.45) is 2.56. The minimum atomic E-state index is -0.589. The third-order valence-corrected chi connectivity index (χ3v) is 27.1. The topological polar surface area (TPSA) is 46.9 Å². The van der Waals surface area contributed by atoms with E-state index in [2.05, 4.69) is 394 Å². The van der Waals surface area contributed by atoms with Crippen molar-refractivity contribution in [3.63, 3.8) is 0 Å². The Hall–Kier alpha value is -11.6. The average Bonchev–Trinajstić information content (AvgIpc) is 0.663. The Morgan fingerprint density at radius 3 is 1.02 bits per heavy atom. The van der Waals surface area contributed by atoms with Gasteiger partial charge in [0.2, 0.25) is 13.4 Å². The zero-order chi connectivity index (χ0) is 84.5. The van der Waals surface area contributed by atoms with Gasteiger partial charge in [-0.3, -0.25) is 4.79 Å². The molecule has 1 aromatic heterocycles. The largest absolute Gasteiger partial charge is 1.00 e. The number of fused-ring (bicyclic) bond motifs is 18. The van der Waals surface area contributed by atoms with Crippen LogP contribution in [0.5, 0.6) is 0 Å². The van der Waals surface area contributed by atoms with Crippen molar-refractivity contribution in [2.45, 2.75) is 30.5 Å². The SMILES string of the molecule is Brc1cccc(Br)c1B(c1ccccc1)c1ccccc1.C1CCOC1.COB(C)c1c(Br)cccc1Br.O=c1c2ccccc2n(-c2ccccc2)c2ccccc12.[HH].[Li+].[c-]1ccccc1.c1ccc(N2c3ccccc3C3(c4ccccc4B4c5ccccc5C5(c6ccccc6N(c6ccccc6)c6ccccc65)c5cccc3c54)c3ccccc32)cc1. The van der Waals surface area contributed by atoms with Crippen LogP contribution in [0.3, 0.4) is 0 Å². The number of nitrogens with zero attached hydrogens (tertiary/aromatic N) is 3. The van der Waals surface area contributed by atoms with Gasteiger partial charge in [0, 0.05) is 67.5 Å². The summed E-state index contributed by atoms with van der Waals surface area (Å²) in [5, 5.41) is 1.50. The maximum atomic E-state index is 12.7. The Balaban J connectivity index is 0.000000141. The Morgan fingerprint density at radius 2 is 0.664 bits per heavy atom. The fraction of sp³-hybridized carbons (Fsp3) is 0.0721. The van der Waals surface area contributed by atoms with Crippen LogP contribution in [0.4, 0.5) is 34.1 Å². The summed E-state index contributed by atoms with van der Waals surface area (Å²) < 4.78 is 16.7. The molecule has 0 radical (unpaired) electrons. The van der Waals surface area contributed by atoms with Crippen molar-refractivity contribution in [3.8, 4) is 5.69 Å². The summed E-state index contributed by atoms with van der Waals surface area (Å²) in [6.45, 7) is 4.38. The molecule has 1 fully saturated rings. The number of benzene rings is 17. The van der Waals surface area contributed by atoms with Crippen LogP contribution in [0, 0.1) is 6.07 Å². The van der Waals surface area contributed by atoms with Gasteiger partial charge < -0.3 is 23.8 Å². The van der Waals surface area contributed by atoms with Gasteiger partial charge >= 0.3 is 25.8 Å². The van der Waals surface area contributed by atoms with Gasteiger partial charge in [0.1, 0.15) is 0 Å². The van der Waals surface area contributed by atoms with E-state index in [1.807, 2.05) is 128 Å². The molecule has 0 amide bonds. The van der Waals surface area contributed by atoms with Crippen molar-refractivity contribution in [1.29, 1.82) is 0 Å². The van der Waals surface area contributed by atoms with E-state index < -0.39 is 10.8 Å². The maximum Gasteiger partial charge on any atom is 1.00 e. The molecule has 0 bridgehead atoms. The molecule has 6 nitrogen and oxygen atoms in total. The van der Waals surface area contributed by atoms with Crippen molar-refractivity contribution in [2.24, 2.45) is 0 Å². The fourth-order valence-electron chi connectivity index (χ4n) is 19.2. The molecule has 602 valence electrons. The first-order valence-corrected chi connectivity index (χ1v) is 45.3. The summed E-state index contributed by atoms with van der Waals surface area (Å²) in [7, 11) is 1.70. The molecule has 2 spiro atoms. The predicted molar refractivity (Wildman–Crippen MR) is 538 cm³/mol. The van der Waals surface area contributed by atoms with Crippen molar-refractivity contribution < 1.29 is 29.7 Å². The molecular formula is C111H87B3Br4LiN3O3. The van der Waals surface area contributed by atoms with E-state index in [0.717, 1.165) is 75.4 Å². The van der Waals surface area contributed by atoms with Crippen LogP contribution in [0.2, 0.25) is 6.82 Å². The summed E-state index contributed by atoms with van der Waals surface area (Å²) in [5.41, 5.74) is 28.8. The molecule has 18 aromatic rings. The maximum absolute atomic E-state index is 12.7. The van der Waals surface area contributed by atoms with Crippen LogP contribution in [-0.4, -0.2) is 45.2 Å².